The SMILES string of the molecule is C.C.CCOC(=O)CC1CCCc2ccc(OC)cc21.COC(=O)C[C@@H]1CCCc2ccc(O)cc21.COC(=O)C[C@H]1CCCc2ccc(O)cc21. The van der Waals surface area contributed by atoms with Crippen molar-refractivity contribution in [2.75, 3.05) is 27.9 Å². The second-order valence-electron chi connectivity index (χ2n) is 13.2. The highest BCUT2D eigenvalue weighted by Crippen LogP contribution is 2.38. The lowest BCUT2D eigenvalue weighted by Crippen LogP contribution is -2.15. The molecule has 1 unspecified atom stereocenters. The van der Waals surface area contributed by atoms with Crippen LogP contribution in [0.25, 0.3) is 0 Å². The smallest absolute Gasteiger partial charge is 0.306 e. The highest BCUT2D eigenvalue weighted by Gasteiger charge is 2.25. The molecule has 52 heavy (non-hydrogen) atoms. The number of methoxy groups -OCH3 is 3. The number of aromatic hydroxyl groups is 2. The Bertz CT molecular complexity index is 1520. The van der Waals surface area contributed by atoms with Crippen LogP contribution in [0.3, 0.4) is 0 Å². The first-order valence-corrected chi connectivity index (χ1v) is 17.7. The molecule has 0 heterocycles. The molecule has 0 spiro atoms. The van der Waals surface area contributed by atoms with Gasteiger partial charge >= 0.3 is 17.9 Å². The van der Waals surface area contributed by atoms with Crippen LogP contribution in [-0.2, 0) is 47.9 Å². The van der Waals surface area contributed by atoms with Crippen molar-refractivity contribution in [2.24, 2.45) is 0 Å². The summed E-state index contributed by atoms with van der Waals surface area (Å²) in [5, 5.41) is 19.0. The number of benzene rings is 3. The fourth-order valence-corrected chi connectivity index (χ4v) is 7.40. The van der Waals surface area contributed by atoms with Gasteiger partial charge in [-0.1, -0.05) is 33.1 Å². The molecule has 3 aromatic rings. The Morgan fingerprint density at radius 1 is 0.596 bits per heavy atom. The van der Waals surface area contributed by atoms with E-state index in [0.29, 0.717) is 25.9 Å². The monoisotopic (exact) mass is 720 g/mol. The van der Waals surface area contributed by atoms with Crippen molar-refractivity contribution in [1.82, 2.24) is 0 Å². The van der Waals surface area contributed by atoms with E-state index in [2.05, 4.69) is 12.1 Å². The van der Waals surface area contributed by atoms with Crippen LogP contribution in [0.4, 0.5) is 0 Å². The summed E-state index contributed by atoms with van der Waals surface area (Å²) in [7, 11) is 4.49. The Morgan fingerprint density at radius 3 is 1.37 bits per heavy atom. The summed E-state index contributed by atoms with van der Waals surface area (Å²) in [6.07, 6.45) is 10.8. The molecule has 0 radical (unpaired) electrons. The molecule has 3 aromatic carbocycles. The fourth-order valence-electron chi connectivity index (χ4n) is 7.40. The van der Waals surface area contributed by atoms with Crippen LogP contribution in [0.1, 0.15) is 131 Å². The van der Waals surface area contributed by atoms with Crippen molar-refractivity contribution in [2.45, 2.75) is 117 Å². The highest BCUT2D eigenvalue weighted by molar-refractivity contribution is 5.71. The molecule has 0 saturated heterocycles. The third-order valence-corrected chi connectivity index (χ3v) is 9.93. The highest BCUT2D eigenvalue weighted by atomic mass is 16.5. The van der Waals surface area contributed by atoms with Gasteiger partial charge in [0.1, 0.15) is 17.2 Å². The predicted molar refractivity (Wildman–Crippen MR) is 204 cm³/mol. The summed E-state index contributed by atoms with van der Waals surface area (Å²) in [6.45, 7) is 2.30. The third-order valence-electron chi connectivity index (χ3n) is 9.93. The quantitative estimate of drug-likeness (QED) is 0.173. The van der Waals surface area contributed by atoms with Gasteiger partial charge in [0.05, 0.1) is 47.2 Å². The van der Waals surface area contributed by atoms with Gasteiger partial charge in [0, 0.05) is 0 Å². The van der Waals surface area contributed by atoms with E-state index < -0.39 is 0 Å². The molecule has 9 nitrogen and oxygen atoms in total. The van der Waals surface area contributed by atoms with Crippen molar-refractivity contribution in [3.8, 4) is 17.2 Å². The topological polar surface area (TPSA) is 129 Å². The van der Waals surface area contributed by atoms with Gasteiger partial charge in [-0.2, -0.15) is 0 Å². The first kappa shape index (κ1) is 43.6. The van der Waals surface area contributed by atoms with Gasteiger partial charge in [0.2, 0.25) is 0 Å². The first-order chi connectivity index (χ1) is 24.1. The van der Waals surface area contributed by atoms with E-state index in [0.717, 1.165) is 74.7 Å². The van der Waals surface area contributed by atoms with Crippen molar-refractivity contribution < 1.29 is 43.5 Å². The van der Waals surface area contributed by atoms with Crippen LogP contribution in [0.2, 0.25) is 0 Å². The zero-order valence-corrected chi connectivity index (χ0v) is 29.9. The summed E-state index contributed by atoms with van der Waals surface area (Å²) >= 11 is 0. The molecule has 0 amide bonds. The number of phenols is 2. The third kappa shape index (κ3) is 12.3. The molecule has 3 aliphatic rings. The summed E-state index contributed by atoms with van der Waals surface area (Å²) < 4.78 is 19.7. The number of hydrogen-bond acceptors (Lipinski definition) is 9. The average Bonchev–Trinajstić information content (AvgIpc) is 3.12. The molecule has 3 atom stereocenters. The molecule has 0 aromatic heterocycles. The maximum absolute atomic E-state index is 11.6. The van der Waals surface area contributed by atoms with Crippen molar-refractivity contribution in [3.05, 3.63) is 88.0 Å². The number of phenolic OH excluding ortho intramolecular Hbond substituents is 2. The molecule has 3 aliphatic carbocycles. The fraction of sp³-hybridized carbons (Fsp3) is 0.512. The molecule has 0 fully saturated rings. The lowest BCUT2D eigenvalue weighted by molar-refractivity contribution is -0.144. The van der Waals surface area contributed by atoms with Crippen LogP contribution in [0.5, 0.6) is 17.2 Å². The van der Waals surface area contributed by atoms with Gasteiger partial charge in [-0.25, -0.2) is 0 Å². The Morgan fingerprint density at radius 2 is 0.981 bits per heavy atom. The molecular formula is C43H60O9. The standard InChI is InChI=1S/C15H20O3.2C13H16O3.2CH4/c1-3-18-15(16)9-12-6-4-5-11-7-8-13(17-2)10-14(11)12;2*1-16-13(15)7-10-4-2-3-9-5-6-11(14)8-12(9)10;;/h7-8,10,12H,3-6,9H2,1-2H3;2*5-6,8,10,14H,2-4,7H2,1H3;2*1H4/t;2*10-;;/m.10../s1. The number of carbonyl (C=O) groups is 3. The molecule has 6 rings (SSSR count). The van der Waals surface area contributed by atoms with Gasteiger partial charge in [-0.05, 0) is 152 Å². The van der Waals surface area contributed by atoms with E-state index >= 15 is 0 Å². The maximum atomic E-state index is 11.6. The van der Waals surface area contributed by atoms with Crippen LogP contribution in [0, 0.1) is 0 Å². The first-order valence-electron chi connectivity index (χ1n) is 17.7. The average molecular weight is 721 g/mol. The molecule has 9 heteroatoms. The van der Waals surface area contributed by atoms with Crippen molar-refractivity contribution in [1.29, 1.82) is 0 Å². The van der Waals surface area contributed by atoms with E-state index in [1.54, 1.807) is 31.4 Å². The number of rotatable bonds is 8. The molecule has 0 saturated carbocycles. The second-order valence-corrected chi connectivity index (χ2v) is 13.2. The van der Waals surface area contributed by atoms with Gasteiger partial charge in [0.15, 0.2) is 0 Å². The number of esters is 3. The predicted octanol–water partition coefficient (Wildman–Crippen LogP) is 9.09. The van der Waals surface area contributed by atoms with E-state index in [1.807, 2.05) is 25.1 Å². The van der Waals surface area contributed by atoms with Crippen molar-refractivity contribution >= 4 is 17.9 Å². The van der Waals surface area contributed by atoms with Crippen LogP contribution in [-0.4, -0.2) is 56.1 Å². The largest absolute Gasteiger partial charge is 0.508 e. The molecule has 2 N–H and O–H groups in total. The van der Waals surface area contributed by atoms with E-state index in [1.165, 1.54) is 36.5 Å². The van der Waals surface area contributed by atoms with Gasteiger partial charge in [-0.15, -0.1) is 0 Å². The Labute approximate surface area is 310 Å². The van der Waals surface area contributed by atoms with Crippen molar-refractivity contribution in [3.63, 3.8) is 0 Å². The van der Waals surface area contributed by atoms with Gasteiger partial charge < -0.3 is 29.2 Å². The number of hydrogen-bond donors (Lipinski definition) is 2. The Kier molecular flexibility index (Phi) is 18.2. The summed E-state index contributed by atoms with van der Waals surface area (Å²) in [5.41, 5.74) is 7.31. The molecular weight excluding hydrogens is 660 g/mol. The van der Waals surface area contributed by atoms with Crippen LogP contribution in [0.15, 0.2) is 54.6 Å². The Balaban J connectivity index is 0.000000266. The van der Waals surface area contributed by atoms with Crippen LogP contribution >= 0.6 is 0 Å². The number of aryl methyl sites for hydroxylation is 3. The van der Waals surface area contributed by atoms with E-state index in [-0.39, 0.29) is 62.0 Å². The Hall–Kier alpha value is -4.53. The van der Waals surface area contributed by atoms with E-state index in [4.69, 9.17) is 18.9 Å². The normalized spacial score (nSPS) is 17.9. The molecule has 286 valence electrons. The molecule has 0 aliphatic heterocycles. The minimum Gasteiger partial charge on any atom is -0.508 e. The lowest BCUT2D eigenvalue weighted by atomic mass is 9.81. The molecule has 0 bridgehead atoms. The van der Waals surface area contributed by atoms with Gasteiger partial charge in [0.25, 0.3) is 0 Å². The second kappa shape index (κ2) is 21.7. The number of fused-ring (bicyclic) bond motifs is 3. The maximum Gasteiger partial charge on any atom is 0.306 e. The summed E-state index contributed by atoms with van der Waals surface area (Å²) in [5.74, 6) is 1.63. The zero-order valence-electron chi connectivity index (χ0n) is 29.9. The van der Waals surface area contributed by atoms with Gasteiger partial charge in [-0.3, -0.25) is 14.4 Å². The minimum absolute atomic E-state index is 0. The van der Waals surface area contributed by atoms with E-state index in [9.17, 15) is 24.6 Å². The zero-order chi connectivity index (χ0) is 36.0. The number of ether oxygens (including phenoxy) is 4. The minimum atomic E-state index is -0.179. The lowest BCUT2D eigenvalue weighted by Gasteiger charge is -2.25. The summed E-state index contributed by atoms with van der Waals surface area (Å²) in [4.78, 5) is 34.2. The van der Waals surface area contributed by atoms with Crippen LogP contribution < -0.4 is 4.74 Å². The summed E-state index contributed by atoms with van der Waals surface area (Å²) in [6, 6.07) is 17.1. The number of carbonyl (C=O) groups excluding carboxylic acids is 3.